The summed E-state index contributed by atoms with van der Waals surface area (Å²) in [6, 6.07) is 12.9. The first-order valence-corrected chi connectivity index (χ1v) is 9.43. The molecule has 0 spiro atoms. The highest BCUT2D eigenvalue weighted by molar-refractivity contribution is 6.04. The van der Waals surface area contributed by atoms with Gasteiger partial charge >= 0.3 is 0 Å². The lowest BCUT2D eigenvalue weighted by atomic mass is 9.99. The van der Waals surface area contributed by atoms with Gasteiger partial charge < -0.3 is 10.6 Å². The van der Waals surface area contributed by atoms with Crippen LogP contribution in [0.4, 0.5) is 10.1 Å². The van der Waals surface area contributed by atoms with Gasteiger partial charge in [0, 0.05) is 17.8 Å². The van der Waals surface area contributed by atoms with Gasteiger partial charge in [0.05, 0.1) is 17.9 Å². The van der Waals surface area contributed by atoms with Crippen LogP contribution in [0.2, 0.25) is 0 Å². The Bertz CT molecular complexity index is 1030. The van der Waals surface area contributed by atoms with Crippen LogP contribution in [0.1, 0.15) is 38.4 Å². The summed E-state index contributed by atoms with van der Waals surface area (Å²) in [5.74, 6) is -0.640. The van der Waals surface area contributed by atoms with Crippen LogP contribution in [-0.2, 0) is 19.5 Å². The van der Waals surface area contributed by atoms with E-state index >= 15 is 0 Å². The summed E-state index contributed by atoms with van der Waals surface area (Å²) in [5.41, 5.74) is 5.50. The molecule has 0 aliphatic carbocycles. The quantitative estimate of drug-likeness (QED) is 0.678. The van der Waals surface area contributed by atoms with Crippen molar-refractivity contribution in [3.63, 3.8) is 0 Å². The fourth-order valence-electron chi connectivity index (χ4n) is 3.59. The number of aromatic nitrogens is 2. The van der Waals surface area contributed by atoms with Crippen LogP contribution in [0.3, 0.4) is 0 Å². The van der Waals surface area contributed by atoms with Crippen LogP contribution >= 0.6 is 12.4 Å². The summed E-state index contributed by atoms with van der Waals surface area (Å²) in [6.07, 6.45) is 0.631. The van der Waals surface area contributed by atoms with Crippen molar-refractivity contribution in [2.24, 2.45) is 0 Å². The smallest absolute Gasteiger partial charge is 0.255 e. The second-order valence-electron chi connectivity index (χ2n) is 7.23. The topological polar surface area (TPSA) is 59.0 Å². The molecule has 2 N–H and O–H groups in total. The van der Waals surface area contributed by atoms with Crippen LogP contribution in [0.5, 0.6) is 0 Å². The highest BCUT2D eigenvalue weighted by Gasteiger charge is 2.18. The number of halogens is 2. The van der Waals surface area contributed by atoms with Crippen molar-refractivity contribution in [2.75, 3.05) is 11.9 Å². The molecule has 0 fully saturated rings. The van der Waals surface area contributed by atoms with Crippen molar-refractivity contribution in [1.29, 1.82) is 0 Å². The molecule has 0 unspecified atom stereocenters. The summed E-state index contributed by atoms with van der Waals surface area (Å²) in [5, 5.41) is 10.4. The van der Waals surface area contributed by atoms with Gasteiger partial charge in [-0.05, 0) is 67.8 Å². The van der Waals surface area contributed by atoms with Gasteiger partial charge in [0.25, 0.3) is 5.91 Å². The van der Waals surface area contributed by atoms with E-state index in [1.165, 1.54) is 0 Å². The lowest BCUT2D eigenvalue weighted by Gasteiger charge is -2.19. The summed E-state index contributed by atoms with van der Waals surface area (Å²) >= 11 is 0. The van der Waals surface area contributed by atoms with E-state index in [0.717, 1.165) is 29.1 Å². The summed E-state index contributed by atoms with van der Waals surface area (Å²) in [7, 11) is 0. The molecule has 2 aromatic carbocycles. The molecule has 0 saturated carbocycles. The zero-order valence-corrected chi connectivity index (χ0v) is 17.3. The number of fused-ring (bicyclic) bond motifs is 1. The Morgan fingerprint density at radius 1 is 1.21 bits per heavy atom. The maximum atomic E-state index is 14.7. The fourth-order valence-corrected chi connectivity index (χ4v) is 3.59. The van der Waals surface area contributed by atoms with E-state index in [9.17, 15) is 9.18 Å². The van der Waals surface area contributed by atoms with Gasteiger partial charge in [0.15, 0.2) is 0 Å². The van der Waals surface area contributed by atoms with Gasteiger partial charge in [-0.25, -0.2) is 4.39 Å². The Kier molecular flexibility index (Phi) is 6.35. The molecule has 7 heteroatoms. The molecule has 1 amide bonds. The number of hydrogen-bond donors (Lipinski definition) is 2. The van der Waals surface area contributed by atoms with Gasteiger partial charge in [0.2, 0.25) is 0 Å². The lowest BCUT2D eigenvalue weighted by Crippen LogP contribution is -2.25. The van der Waals surface area contributed by atoms with E-state index in [1.807, 2.05) is 42.8 Å². The number of rotatable bonds is 4. The Balaban J connectivity index is 0.00000240. The Labute approximate surface area is 175 Å². The lowest BCUT2D eigenvalue weighted by molar-refractivity contribution is 0.102. The van der Waals surface area contributed by atoms with Crippen LogP contribution in [-0.4, -0.2) is 22.2 Å². The monoisotopic (exact) mass is 414 g/mol. The highest BCUT2D eigenvalue weighted by Crippen LogP contribution is 2.25. The largest absolute Gasteiger partial charge is 0.319 e. The maximum absolute atomic E-state index is 14.7. The molecular weight excluding hydrogens is 391 g/mol. The number of aryl methyl sites for hydroxylation is 2. The fraction of sp³-hybridized carbons (Fsp3) is 0.273. The third-order valence-corrected chi connectivity index (χ3v) is 5.11. The normalized spacial score (nSPS) is 12.8. The number of nitrogens with one attached hydrogen (secondary N) is 2. The third-order valence-electron chi connectivity index (χ3n) is 5.11. The Morgan fingerprint density at radius 2 is 1.97 bits per heavy atom. The molecule has 1 aliphatic heterocycles. The predicted molar refractivity (Wildman–Crippen MR) is 114 cm³/mol. The first-order valence-electron chi connectivity index (χ1n) is 9.43. The van der Waals surface area contributed by atoms with Crippen LogP contribution < -0.4 is 10.6 Å². The molecule has 152 valence electrons. The molecular formula is C22H24ClFN4O. The van der Waals surface area contributed by atoms with E-state index in [1.54, 1.807) is 18.2 Å². The zero-order valence-electron chi connectivity index (χ0n) is 16.5. The van der Waals surface area contributed by atoms with E-state index in [0.29, 0.717) is 30.6 Å². The van der Waals surface area contributed by atoms with Crippen molar-refractivity contribution < 1.29 is 9.18 Å². The van der Waals surface area contributed by atoms with E-state index < -0.39 is 0 Å². The number of anilines is 1. The average molecular weight is 415 g/mol. The molecule has 1 aliphatic rings. The van der Waals surface area contributed by atoms with E-state index in [2.05, 4.69) is 15.7 Å². The highest BCUT2D eigenvalue weighted by atomic mass is 35.5. The van der Waals surface area contributed by atoms with Gasteiger partial charge in [-0.1, -0.05) is 18.2 Å². The molecule has 3 aromatic rings. The van der Waals surface area contributed by atoms with Crippen LogP contribution in [0.15, 0.2) is 42.5 Å². The van der Waals surface area contributed by atoms with Gasteiger partial charge in [-0.2, -0.15) is 5.10 Å². The first kappa shape index (κ1) is 21.0. The third kappa shape index (κ3) is 4.49. The van der Waals surface area contributed by atoms with E-state index in [-0.39, 0.29) is 29.8 Å². The molecule has 0 saturated heterocycles. The average Bonchev–Trinajstić information content (AvgIpc) is 3.01. The van der Waals surface area contributed by atoms with Crippen molar-refractivity contribution in [3.05, 3.63) is 81.9 Å². The molecule has 1 aromatic heterocycles. The number of nitrogens with zero attached hydrogens (tertiary/aromatic N) is 2. The van der Waals surface area contributed by atoms with Gasteiger partial charge in [-0.15, -0.1) is 12.4 Å². The molecule has 0 bridgehead atoms. The van der Waals surface area contributed by atoms with Crippen LogP contribution in [0, 0.1) is 19.7 Å². The predicted octanol–water partition coefficient (Wildman–Crippen LogP) is 4.01. The second kappa shape index (κ2) is 8.76. The first-order chi connectivity index (χ1) is 13.5. The minimum atomic E-state index is -0.325. The van der Waals surface area contributed by atoms with Crippen molar-refractivity contribution >= 4 is 24.0 Å². The molecule has 5 nitrogen and oxygen atoms in total. The zero-order chi connectivity index (χ0) is 19.7. The van der Waals surface area contributed by atoms with Crippen molar-refractivity contribution in [2.45, 2.75) is 33.4 Å². The summed E-state index contributed by atoms with van der Waals surface area (Å²) < 4.78 is 16.7. The summed E-state index contributed by atoms with van der Waals surface area (Å²) in [4.78, 5) is 12.6. The van der Waals surface area contributed by atoms with Gasteiger partial charge in [-0.3, -0.25) is 9.48 Å². The minimum Gasteiger partial charge on any atom is -0.319 e. The molecule has 29 heavy (non-hydrogen) atoms. The maximum Gasteiger partial charge on any atom is 0.255 e. The van der Waals surface area contributed by atoms with Crippen molar-refractivity contribution in [3.8, 4) is 0 Å². The number of amides is 1. The van der Waals surface area contributed by atoms with Crippen LogP contribution in [0.25, 0.3) is 0 Å². The number of benzene rings is 2. The standard InChI is InChI=1S/C22H23FN4O.ClH/c1-14-11-15(2)27(26-14)13-16-3-5-17(6-4-16)22(28)25-20-8-7-18-12-24-10-9-19(18)21(20)23;/h3-8,11,24H,9-10,12-13H2,1-2H3,(H,25,28);1H. The minimum absolute atomic E-state index is 0. The molecule has 0 atom stereocenters. The van der Waals surface area contributed by atoms with E-state index in [4.69, 9.17) is 0 Å². The second-order valence-corrected chi connectivity index (χ2v) is 7.23. The number of hydrogen-bond acceptors (Lipinski definition) is 3. The van der Waals surface area contributed by atoms with Gasteiger partial charge in [0.1, 0.15) is 5.82 Å². The molecule has 2 heterocycles. The Hall–Kier alpha value is -2.70. The Morgan fingerprint density at radius 3 is 2.66 bits per heavy atom. The number of carbonyl (C=O) groups is 1. The summed E-state index contributed by atoms with van der Waals surface area (Å²) in [6.45, 7) is 6.04. The molecule has 0 radical (unpaired) electrons. The SMILES string of the molecule is Cc1cc(C)n(Cc2ccc(C(=O)Nc3ccc4c(c3F)CCNC4)cc2)n1.Cl. The number of carbonyl (C=O) groups excluding carboxylic acids is 1. The molecule has 4 rings (SSSR count). The van der Waals surface area contributed by atoms with Crippen molar-refractivity contribution in [1.82, 2.24) is 15.1 Å².